The van der Waals surface area contributed by atoms with Gasteiger partial charge in [0.05, 0.1) is 8.47 Å². The van der Waals surface area contributed by atoms with E-state index in [9.17, 15) is 0 Å². The van der Waals surface area contributed by atoms with Gasteiger partial charge in [0.2, 0.25) is 0 Å². The van der Waals surface area contributed by atoms with Crippen molar-refractivity contribution in [1.29, 1.82) is 0 Å². The second-order valence-electron chi connectivity index (χ2n) is 4.05. The Labute approximate surface area is 123 Å². The lowest BCUT2D eigenvalue weighted by molar-refractivity contribution is 0.886. The van der Waals surface area contributed by atoms with Crippen molar-refractivity contribution in [3.8, 4) is 0 Å². The average Bonchev–Trinajstić information content (AvgIpc) is 2.83. The molecular weight excluding hydrogens is 284 g/mol. The number of thioether (sulfide) groups is 2. The predicted octanol–water partition coefficient (Wildman–Crippen LogP) is 5.44. The molecular formula is C13H16S4. The van der Waals surface area contributed by atoms with Gasteiger partial charge in [0, 0.05) is 10.1 Å². The van der Waals surface area contributed by atoms with Crippen molar-refractivity contribution in [2.75, 3.05) is 0 Å². The molecule has 0 aromatic heterocycles. The molecule has 0 bridgehead atoms. The molecule has 0 radical (unpaired) electrons. The molecule has 2 rings (SSSR count). The van der Waals surface area contributed by atoms with Gasteiger partial charge < -0.3 is 0 Å². The molecule has 0 heterocycles. The lowest BCUT2D eigenvalue weighted by Gasteiger charge is -2.10. The van der Waals surface area contributed by atoms with E-state index in [0.29, 0.717) is 0 Å². The van der Waals surface area contributed by atoms with Crippen molar-refractivity contribution in [3.05, 3.63) is 38.8 Å². The van der Waals surface area contributed by atoms with E-state index in [2.05, 4.69) is 37.4 Å². The van der Waals surface area contributed by atoms with Gasteiger partial charge in [-0.05, 0) is 25.0 Å². The minimum Gasteiger partial charge on any atom is -0.135 e. The van der Waals surface area contributed by atoms with Gasteiger partial charge in [-0.15, -0.1) is 37.0 Å². The van der Waals surface area contributed by atoms with E-state index < -0.39 is 0 Å². The lowest BCUT2D eigenvalue weighted by atomic mass is 10.4. The van der Waals surface area contributed by atoms with Gasteiger partial charge in [-0.2, -0.15) is 0 Å². The highest BCUT2D eigenvalue weighted by Gasteiger charge is 2.17. The highest BCUT2D eigenvalue weighted by atomic mass is 32.2. The smallest absolute Gasteiger partial charge is 0.0617 e. The van der Waals surface area contributed by atoms with E-state index >= 15 is 0 Å². The molecule has 1 aromatic carbocycles. The fourth-order valence-electron chi connectivity index (χ4n) is 1.86. The molecule has 0 spiro atoms. The van der Waals surface area contributed by atoms with Crippen molar-refractivity contribution in [2.24, 2.45) is 0 Å². The maximum atomic E-state index is 4.58. The molecule has 0 nitrogen and oxygen atoms in total. The number of hydrogen-bond acceptors (Lipinski definition) is 4. The largest absolute Gasteiger partial charge is 0.135 e. The molecule has 17 heavy (non-hydrogen) atoms. The zero-order valence-electron chi connectivity index (χ0n) is 9.50. The summed E-state index contributed by atoms with van der Waals surface area (Å²) < 4.78 is 2.07. The van der Waals surface area contributed by atoms with Gasteiger partial charge in [0.25, 0.3) is 0 Å². The summed E-state index contributed by atoms with van der Waals surface area (Å²) in [4.78, 5) is 1.22. The lowest BCUT2D eigenvalue weighted by Crippen LogP contribution is -1.92. The summed E-state index contributed by atoms with van der Waals surface area (Å²) in [5, 5.41) is 0.751. The van der Waals surface area contributed by atoms with E-state index in [-0.39, 0.29) is 0 Å². The van der Waals surface area contributed by atoms with Crippen molar-refractivity contribution in [2.45, 2.75) is 35.8 Å². The minimum atomic E-state index is 0.751. The van der Waals surface area contributed by atoms with Gasteiger partial charge in [0.15, 0.2) is 0 Å². The maximum absolute atomic E-state index is 4.58. The molecule has 0 aliphatic heterocycles. The predicted molar refractivity (Wildman–Crippen MR) is 87.1 cm³/mol. The molecule has 92 valence electrons. The van der Waals surface area contributed by atoms with Gasteiger partial charge in [0.1, 0.15) is 0 Å². The van der Waals surface area contributed by atoms with Gasteiger partial charge in [-0.3, -0.25) is 0 Å². The van der Waals surface area contributed by atoms with E-state index in [1.807, 2.05) is 30.0 Å². The molecule has 1 aliphatic rings. The fraction of sp³-hybridized carbons (Fsp3) is 0.385. The van der Waals surface area contributed by atoms with Crippen LogP contribution < -0.4 is 0 Å². The second-order valence-corrected chi connectivity index (χ2v) is 7.94. The van der Waals surface area contributed by atoms with Crippen LogP contribution in [0.3, 0.4) is 0 Å². The van der Waals surface area contributed by atoms with Crippen LogP contribution >= 0.6 is 48.8 Å². The summed E-state index contributed by atoms with van der Waals surface area (Å²) >= 11 is 12.7. The first-order valence-corrected chi connectivity index (χ1v) is 8.36. The van der Waals surface area contributed by atoms with Crippen LogP contribution in [-0.2, 0) is 0 Å². The molecule has 1 saturated carbocycles. The van der Waals surface area contributed by atoms with Gasteiger partial charge >= 0.3 is 0 Å². The van der Waals surface area contributed by atoms with Gasteiger partial charge in [-0.1, -0.05) is 42.8 Å². The van der Waals surface area contributed by atoms with Crippen LogP contribution in [-0.4, -0.2) is 5.25 Å². The second kappa shape index (κ2) is 7.07. The summed E-state index contributed by atoms with van der Waals surface area (Å²) in [6.07, 6.45) is 5.39. The molecule has 0 saturated heterocycles. The van der Waals surface area contributed by atoms with Crippen molar-refractivity contribution in [3.63, 3.8) is 0 Å². The van der Waals surface area contributed by atoms with E-state index in [0.717, 1.165) is 13.7 Å². The Morgan fingerprint density at radius 3 is 2.29 bits per heavy atom. The number of thiol groups is 2. The Hall–Kier alpha value is 0.360. The van der Waals surface area contributed by atoms with E-state index in [1.165, 1.54) is 30.6 Å². The Bertz CT molecular complexity index is 380. The van der Waals surface area contributed by atoms with Gasteiger partial charge in [-0.25, -0.2) is 0 Å². The highest BCUT2D eigenvalue weighted by molar-refractivity contribution is 8.21. The summed E-state index contributed by atoms with van der Waals surface area (Å²) in [7, 11) is 0. The van der Waals surface area contributed by atoms with Crippen LogP contribution in [0.4, 0.5) is 0 Å². The number of rotatable bonds is 4. The SMILES string of the molecule is SC(Sc1ccccc1)=C(S)SC1CCCC1. The Morgan fingerprint density at radius 2 is 1.65 bits per heavy atom. The summed E-state index contributed by atoms with van der Waals surface area (Å²) in [5.41, 5.74) is 0. The summed E-state index contributed by atoms with van der Waals surface area (Å²) in [6, 6.07) is 10.3. The van der Waals surface area contributed by atoms with Crippen LogP contribution in [0, 0.1) is 0 Å². The summed E-state index contributed by atoms with van der Waals surface area (Å²) in [5.74, 6) is 0. The first-order chi connectivity index (χ1) is 8.25. The third-order valence-corrected chi connectivity index (χ3v) is 6.50. The maximum Gasteiger partial charge on any atom is 0.0617 e. The third kappa shape index (κ3) is 4.51. The van der Waals surface area contributed by atoms with Crippen molar-refractivity contribution < 1.29 is 0 Å². The molecule has 0 N–H and O–H groups in total. The highest BCUT2D eigenvalue weighted by Crippen LogP contribution is 2.42. The van der Waals surface area contributed by atoms with E-state index in [4.69, 9.17) is 0 Å². The van der Waals surface area contributed by atoms with Crippen LogP contribution in [0.5, 0.6) is 0 Å². The zero-order valence-corrected chi connectivity index (χ0v) is 12.9. The quantitative estimate of drug-likeness (QED) is 0.561. The topological polar surface area (TPSA) is 0 Å². The van der Waals surface area contributed by atoms with Crippen molar-refractivity contribution in [1.82, 2.24) is 0 Å². The summed E-state index contributed by atoms with van der Waals surface area (Å²) in [6.45, 7) is 0. The zero-order chi connectivity index (χ0) is 12.1. The molecule has 1 aliphatic carbocycles. The minimum absolute atomic E-state index is 0.751. The third-order valence-electron chi connectivity index (χ3n) is 2.72. The molecule has 0 atom stereocenters. The van der Waals surface area contributed by atoms with Crippen molar-refractivity contribution >= 4 is 48.8 Å². The average molecular weight is 301 g/mol. The van der Waals surface area contributed by atoms with E-state index in [1.54, 1.807) is 11.8 Å². The van der Waals surface area contributed by atoms with Crippen LogP contribution in [0.2, 0.25) is 0 Å². The van der Waals surface area contributed by atoms with Crippen LogP contribution in [0.1, 0.15) is 25.7 Å². The first-order valence-electron chi connectivity index (χ1n) is 5.77. The van der Waals surface area contributed by atoms with Crippen LogP contribution in [0.15, 0.2) is 43.7 Å². The van der Waals surface area contributed by atoms with Crippen LogP contribution in [0.25, 0.3) is 0 Å². The molecule has 1 fully saturated rings. The normalized spacial score (nSPS) is 18.2. The number of hydrogen-bond donors (Lipinski definition) is 2. The molecule has 0 amide bonds. The standard InChI is InChI=1S/C13H16S4/c14-12(16-10-6-2-1-3-7-10)13(15)17-11-8-4-5-9-11/h1-3,6-7,11,14-15H,4-5,8-9H2. The molecule has 4 heteroatoms. The number of benzene rings is 1. The Balaban J connectivity index is 1.94. The molecule has 1 aromatic rings. The monoisotopic (exact) mass is 300 g/mol. The Kier molecular flexibility index (Phi) is 5.74. The Morgan fingerprint density at radius 1 is 1.00 bits per heavy atom. The fourth-order valence-corrected chi connectivity index (χ4v) is 4.78. The molecule has 0 unspecified atom stereocenters. The first kappa shape index (κ1) is 13.8.